The number of anilines is 1. The first-order valence-electron chi connectivity index (χ1n) is 9.50. The minimum absolute atomic E-state index is 0.0340. The molecule has 2 aromatic rings. The van der Waals surface area contributed by atoms with E-state index in [1.165, 1.54) is 6.07 Å². The van der Waals surface area contributed by atoms with E-state index in [1.54, 1.807) is 34.9 Å². The van der Waals surface area contributed by atoms with Crippen LogP contribution in [-0.2, 0) is 0 Å². The Morgan fingerprint density at radius 2 is 1.72 bits per heavy atom. The number of rotatable bonds is 2. The third-order valence-corrected chi connectivity index (χ3v) is 7.54. The van der Waals surface area contributed by atoms with Crippen molar-refractivity contribution in [1.82, 2.24) is 9.80 Å². The van der Waals surface area contributed by atoms with Crippen LogP contribution >= 0.6 is 27.7 Å². The van der Waals surface area contributed by atoms with Gasteiger partial charge in [0.2, 0.25) is 0 Å². The van der Waals surface area contributed by atoms with Crippen LogP contribution in [0.5, 0.6) is 0 Å². The molecule has 4 rings (SSSR count). The van der Waals surface area contributed by atoms with Crippen LogP contribution in [0.15, 0.2) is 53.0 Å². The summed E-state index contributed by atoms with van der Waals surface area (Å²) in [5, 5.41) is 2.64. The lowest BCUT2D eigenvalue weighted by Gasteiger charge is -2.44. The normalized spacial score (nSPS) is 18.1. The largest absolute Gasteiger partial charge is 0.324 e. The Morgan fingerprint density at radius 1 is 1.03 bits per heavy atom. The van der Waals surface area contributed by atoms with Crippen LogP contribution in [0.25, 0.3) is 0 Å². The molecule has 2 aliphatic rings. The molecule has 5 nitrogen and oxygen atoms in total. The van der Waals surface area contributed by atoms with Gasteiger partial charge in [0.25, 0.3) is 5.91 Å². The second-order valence-corrected chi connectivity index (χ2v) is 9.53. The summed E-state index contributed by atoms with van der Waals surface area (Å²) in [5.74, 6) is 0.475. The Bertz CT molecular complexity index is 916. The summed E-state index contributed by atoms with van der Waals surface area (Å²) >= 11 is 5.20. The maximum Gasteiger partial charge on any atom is 0.321 e. The molecule has 0 bridgehead atoms. The molecule has 0 atom stereocenters. The van der Waals surface area contributed by atoms with Gasteiger partial charge in [0, 0.05) is 35.4 Å². The molecule has 1 N–H and O–H groups in total. The smallest absolute Gasteiger partial charge is 0.321 e. The van der Waals surface area contributed by atoms with Crippen molar-refractivity contribution in [3.8, 4) is 0 Å². The van der Waals surface area contributed by atoms with Crippen LogP contribution in [-0.4, -0.2) is 52.0 Å². The van der Waals surface area contributed by atoms with Crippen LogP contribution in [0.1, 0.15) is 23.2 Å². The maximum absolute atomic E-state index is 13.8. The van der Waals surface area contributed by atoms with E-state index in [4.69, 9.17) is 0 Å². The van der Waals surface area contributed by atoms with E-state index in [-0.39, 0.29) is 22.5 Å². The number of thioether (sulfide) groups is 1. The molecule has 1 spiro atoms. The fraction of sp³-hybridized carbons (Fsp3) is 0.333. The van der Waals surface area contributed by atoms with Crippen LogP contribution in [0.3, 0.4) is 0 Å². The molecule has 2 aliphatic heterocycles. The Hall–Kier alpha value is -2.06. The fourth-order valence-corrected chi connectivity index (χ4v) is 5.59. The van der Waals surface area contributed by atoms with Gasteiger partial charge in [0.05, 0.1) is 10.6 Å². The van der Waals surface area contributed by atoms with E-state index < -0.39 is 5.82 Å². The number of amides is 3. The van der Waals surface area contributed by atoms with Gasteiger partial charge in [-0.05, 0) is 49.2 Å². The zero-order valence-electron chi connectivity index (χ0n) is 15.7. The number of hydrogen-bond acceptors (Lipinski definition) is 3. The molecule has 29 heavy (non-hydrogen) atoms. The molecule has 2 saturated heterocycles. The predicted molar refractivity (Wildman–Crippen MR) is 117 cm³/mol. The topological polar surface area (TPSA) is 52.7 Å². The van der Waals surface area contributed by atoms with Gasteiger partial charge >= 0.3 is 6.03 Å². The highest BCUT2D eigenvalue weighted by molar-refractivity contribution is 9.10. The highest BCUT2D eigenvalue weighted by atomic mass is 79.9. The number of nitrogens with zero attached hydrogens (tertiary/aromatic N) is 2. The van der Waals surface area contributed by atoms with Crippen LogP contribution in [0.2, 0.25) is 0 Å². The molecule has 8 heteroatoms. The third kappa shape index (κ3) is 4.14. The minimum Gasteiger partial charge on any atom is -0.324 e. The molecule has 152 valence electrons. The van der Waals surface area contributed by atoms with Gasteiger partial charge in [-0.1, -0.05) is 28.1 Å². The number of carbonyl (C=O) groups is 2. The number of halogens is 2. The number of urea groups is 1. The Labute approximate surface area is 181 Å². The first-order valence-corrected chi connectivity index (χ1v) is 11.3. The van der Waals surface area contributed by atoms with Crippen molar-refractivity contribution in [1.29, 1.82) is 0 Å². The van der Waals surface area contributed by atoms with Gasteiger partial charge in [-0.25, -0.2) is 9.18 Å². The van der Waals surface area contributed by atoms with Gasteiger partial charge in [-0.2, -0.15) is 0 Å². The van der Waals surface area contributed by atoms with Crippen LogP contribution < -0.4 is 5.32 Å². The number of para-hydroxylation sites is 1. The average molecular weight is 478 g/mol. The Morgan fingerprint density at radius 3 is 2.41 bits per heavy atom. The van der Waals surface area contributed by atoms with Crippen LogP contribution in [0, 0.1) is 5.82 Å². The van der Waals surface area contributed by atoms with E-state index >= 15 is 0 Å². The molecule has 0 aliphatic carbocycles. The second-order valence-electron chi connectivity index (χ2n) is 7.16. The number of likely N-dealkylation sites (tertiary alicyclic amines) is 1. The summed E-state index contributed by atoms with van der Waals surface area (Å²) in [6, 6.07) is 13.2. The maximum atomic E-state index is 13.8. The summed E-state index contributed by atoms with van der Waals surface area (Å²) in [5.41, 5.74) is 0.856. The Kier molecular flexibility index (Phi) is 5.83. The van der Waals surface area contributed by atoms with Crippen molar-refractivity contribution in [2.45, 2.75) is 17.7 Å². The standard InChI is InChI=1S/C21H21BrFN3O2S/c22-16-7-5-15(6-8-16)19(27)26-13-14-29-21(26)9-11-25(12-10-21)20(28)24-18-4-2-1-3-17(18)23/h1-8H,9-14H2,(H,24,28). The second kappa shape index (κ2) is 8.36. The monoisotopic (exact) mass is 477 g/mol. The van der Waals surface area contributed by atoms with E-state index in [9.17, 15) is 14.0 Å². The summed E-state index contributed by atoms with van der Waals surface area (Å²) < 4.78 is 14.7. The fourth-order valence-electron chi connectivity index (χ4n) is 3.87. The predicted octanol–water partition coefficient (Wildman–Crippen LogP) is 4.80. The number of piperidine rings is 1. The van der Waals surface area contributed by atoms with E-state index in [1.807, 2.05) is 29.2 Å². The van der Waals surface area contributed by atoms with Crippen molar-refractivity contribution >= 4 is 45.3 Å². The molecular formula is C21H21BrFN3O2S. The molecular weight excluding hydrogens is 457 g/mol. The van der Waals surface area contributed by atoms with E-state index in [0.29, 0.717) is 38.0 Å². The van der Waals surface area contributed by atoms with Gasteiger partial charge in [-0.3, -0.25) is 4.79 Å². The molecule has 3 amide bonds. The average Bonchev–Trinajstić information content (AvgIpc) is 3.13. The summed E-state index contributed by atoms with van der Waals surface area (Å²) in [7, 11) is 0. The van der Waals surface area contributed by atoms with Crippen molar-refractivity contribution in [3.05, 3.63) is 64.4 Å². The zero-order valence-corrected chi connectivity index (χ0v) is 18.1. The summed E-state index contributed by atoms with van der Waals surface area (Å²) in [6.07, 6.45) is 1.40. The number of carbonyl (C=O) groups excluding carboxylic acids is 2. The van der Waals surface area contributed by atoms with Crippen molar-refractivity contribution < 1.29 is 14.0 Å². The molecule has 0 aromatic heterocycles. The minimum atomic E-state index is -0.452. The van der Waals surface area contributed by atoms with Gasteiger partial charge in [0.1, 0.15) is 5.82 Å². The van der Waals surface area contributed by atoms with Crippen LogP contribution in [0.4, 0.5) is 14.9 Å². The zero-order chi connectivity index (χ0) is 20.4. The first kappa shape index (κ1) is 20.2. The molecule has 2 fully saturated rings. The van der Waals surface area contributed by atoms with Gasteiger partial charge in [0.15, 0.2) is 0 Å². The summed E-state index contributed by atoms with van der Waals surface area (Å²) in [6.45, 7) is 1.76. The van der Waals surface area contributed by atoms with Crippen molar-refractivity contribution in [3.63, 3.8) is 0 Å². The van der Waals surface area contributed by atoms with Crippen molar-refractivity contribution in [2.24, 2.45) is 0 Å². The van der Waals surface area contributed by atoms with E-state index in [0.717, 1.165) is 10.2 Å². The molecule has 0 unspecified atom stereocenters. The number of benzene rings is 2. The molecule has 2 heterocycles. The quantitative estimate of drug-likeness (QED) is 0.675. The number of nitrogens with one attached hydrogen (secondary N) is 1. The molecule has 0 radical (unpaired) electrons. The first-order chi connectivity index (χ1) is 14.0. The molecule has 2 aromatic carbocycles. The lowest BCUT2D eigenvalue weighted by molar-refractivity contribution is 0.0585. The van der Waals surface area contributed by atoms with Gasteiger partial charge in [-0.15, -0.1) is 11.8 Å². The lowest BCUT2D eigenvalue weighted by atomic mass is 10.0. The van der Waals surface area contributed by atoms with Gasteiger partial charge < -0.3 is 15.1 Å². The third-order valence-electron chi connectivity index (χ3n) is 5.46. The number of hydrogen-bond donors (Lipinski definition) is 1. The Balaban J connectivity index is 1.42. The highest BCUT2D eigenvalue weighted by Crippen LogP contribution is 2.44. The molecule has 0 saturated carbocycles. The van der Waals surface area contributed by atoms with Crippen molar-refractivity contribution in [2.75, 3.05) is 30.7 Å². The summed E-state index contributed by atoms with van der Waals surface area (Å²) in [4.78, 5) is 29.0. The lowest BCUT2D eigenvalue weighted by Crippen LogP contribution is -2.54. The van der Waals surface area contributed by atoms with E-state index in [2.05, 4.69) is 21.2 Å². The highest BCUT2D eigenvalue weighted by Gasteiger charge is 2.47. The SMILES string of the molecule is O=C(Nc1ccccc1F)N1CCC2(CC1)SCCN2C(=O)c1ccc(Br)cc1.